The molecular weight excluding hydrogens is 428 g/mol. The van der Waals surface area contributed by atoms with E-state index in [1.807, 2.05) is 17.8 Å². The molecule has 0 aromatic carbocycles. The van der Waals surface area contributed by atoms with Crippen LogP contribution in [0.1, 0.15) is 58.6 Å². The molecule has 0 N–H and O–H groups in total. The van der Waals surface area contributed by atoms with Crippen molar-refractivity contribution in [2.24, 2.45) is 30.7 Å². The van der Waals surface area contributed by atoms with Gasteiger partial charge in [-0.3, -0.25) is 0 Å². The van der Waals surface area contributed by atoms with E-state index in [0.717, 1.165) is 30.5 Å². The zero-order chi connectivity index (χ0) is 24.7. The number of imidazole rings is 1. The fraction of sp³-hybridized carbons (Fsp3) is 0.536. The summed E-state index contributed by atoms with van der Waals surface area (Å²) in [6.45, 7) is 6.75. The summed E-state index contributed by atoms with van der Waals surface area (Å²) < 4.78 is 12.7. The molecule has 1 aromatic heterocycles. The number of hydrogen-bond acceptors (Lipinski definition) is 5. The van der Waals surface area contributed by atoms with E-state index in [9.17, 15) is 9.59 Å². The van der Waals surface area contributed by atoms with E-state index in [1.165, 1.54) is 18.8 Å². The van der Waals surface area contributed by atoms with Gasteiger partial charge in [0.25, 0.3) is 0 Å². The maximum Gasteiger partial charge on any atom is 0.331 e. The maximum absolute atomic E-state index is 12.6. The Labute approximate surface area is 203 Å². The monoisotopic (exact) mass is 466 g/mol. The highest BCUT2D eigenvalue weighted by Crippen LogP contribution is 2.45. The Morgan fingerprint density at radius 3 is 2.68 bits per heavy atom. The molecule has 1 heterocycles. The minimum absolute atomic E-state index is 0.204. The van der Waals surface area contributed by atoms with Crippen molar-refractivity contribution in [1.82, 2.24) is 9.55 Å². The van der Waals surface area contributed by atoms with Gasteiger partial charge in [0, 0.05) is 31.8 Å². The van der Waals surface area contributed by atoms with Gasteiger partial charge in [-0.05, 0) is 62.4 Å². The highest BCUT2D eigenvalue weighted by atomic mass is 16.5. The van der Waals surface area contributed by atoms with E-state index in [0.29, 0.717) is 36.5 Å². The Bertz CT molecular complexity index is 982. The van der Waals surface area contributed by atoms with Gasteiger partial charge in [-0.25, -0.2) is 14.6 Å². The van der Waals surface area contributed by atoms with Gasteiger partial charge in [0.05, 0.1) is 19.1 Å². The number of carbonyl (C=O) groups excluding carboxylic acids is 2. The number of ether oxygens (including phenoxy) is 2. The lowest BCUT2D eigenvalue weighted by atomic mass is 9.64. The van der Waals surface area contributed by atoms with Crippen molar-refractivity contribution in [3.05, 3.63) is 59.7 Å². The molecule has 6 heteroatoms. The first-order valence-electron chi connectivity index (χ1n) is 12.2. The van der Waals surface area contributed by atoms with Gasteiger partial charge in [0.2, 0.25) is 0 Å². The number of aryl methyl sites for hydroxylation is 1. The molecule has 34 heavy (non-hydrogen) atoms. The lowest BCUT2D eigenvalue weighted by Crippen LogP contribution is -2.35. The lowest BCUT2D eigenvalue weighted by molar-refractivity contribution is -0.143. The molecule has 184 valence electrons. The van der Waals surface area contributed by atoms with Crippen molar-refractivity contribution in [3.63, 3.8) is 0 Å². The molecule has 4 atom stereocenters. The number of allylic oxidation sites excluding steroid dienone is 4. The van der Waals surface area contributed by atoms with Gasteiger partial charge in [0.15, 0.2) is 0 Å². The van der Waals surface area contributed by atoms with Gasteiger partial charge in [0.1, 0.15) is 6.10 Å². The van der Waals surface area contributed by atoms with Crippen LogP contribution in [0.3, 0.4) is 0 Å². The number of hydrogen-bond donors (Lipinski definition) is 0. The number of nitrogens with zero attached hydrogens (tertiary/aromatic N) is 2. The van der Waals surface area contributed by atoms with E-state index < -0.39 is 0 Å². The van der Waals surface area contributed by atoms with Crippen molar-refractivity contribution < 1.29 is 19.1 Å². The molecule has 0 aliphatic heterocycles. The zero-order valence-electron chi connectivity index (χ0n) is 21.1. The zero-order valence-corrected chi connectivity index (χ0v) is 21.1. The molecule has 6 nitrogen and oxygen atoms in total. The molecule has 0 saturated heterocycles. The summed E-state index contributed by atoms with van der Waals surface area (Å²) in [5, 5.41) is 0. The largest absolute Gasteiger partial charge is 0.466 e. The highest BCUT2D eigenvalue weighted by molar-refractivity contribution is 5.86. The van der Waals surface area contributed by atoms with Crippen LogP contribution in [0.25, 0.3) is 6.08 Å². The number of aromatic nitrogens is 2. The van der Waals surface area contributed by atoms with Crippen LogP contribution in [0.2, 0.25) is 0 Å². The first-order chi connectivity index (χ1) is 16.3. The van der Waals surface area contributed by atoms with Crippen LogP contribution < -0.4 is 0 Å². The summed E-state index contributed by atoms with van der Waals surface area (Å²) in [4.78, 5) is 28.8. The van der Waals surface area contributed by atoms with E-state index in [1.54, 1.807) is 18.5 Å². The average Bonchev–Trinajstić information content (AvgIpc) is 3.21. The van der Waals surface area contributed by atoms with Crippen LogP contribution in [0, 0.1) is 23.7 Å². The van der Waals surface area contributed by atoms with Gasteiger partial charge >= 0.3 is 11.9 Å². The number of methoxy groups -OCH3 is 1. The Kier molecular flexibility index (Phi) is 9.08. The van der Waals surface area contributed by atoms with Gasteiger partial charge in [-0.1, -0.05) is 43.2 Å². The predicted molar refractivity (Wildman–Crippen MR) is 134 cm³/mol. The number of carbonyl (C=O) groups is 2. The van der Waals surface area contributed by atoms with Crippen molar-refractivity contribution >= 4 is 18.0 Å². The third kappa shape index (κ3) is 7.05. The van der Waals surface area contributed by atoms with Crippen LogP contribution in [0.4, 0.5) is 0 Å². The molecule has 0 fully saturated rings. The first kappa shape index (κ1) is 25.7. The fourth-order valence-corrected chi connectivity index (χ4v) is 5.27. The summed E-state index contributed by atoms with van der Waals surface area (Å²) >= 11 is 0. The molecule has 0 bridgehead atoms. The minimum atomic E-state index is -0.346. The Balaban J connectivity index is 1.83. The van der Waals surface area contributed by atoms with Gasteiger partial charge < -0.3 is 14.0 Å². The Morgan fingerprint density at radius 1 is 1.21 bits per heavy atom. The van der Waals surface area contributed by atoms with Gasteiger partial charge in [-0.2, -0.15) is 0 Å². The molecule has 1 aromatic rings. The maximum atomic E-state index is 12.6. The van der Waals surface area contributed by atoms with Crippen LogP contribution >= 0.6 is 0 Å². The molecule has 3 rings (SSSR count). The summed E-state index contributed by atoms with van der Waals surface area (Å²) in [6.07, 6.45) is 18.7. The first-order valence-corrected chi connectivity index (χ1v) is 12.2. The second-order valence-electron chi connectivity index (χ2n) is 9.90. The minimum Gasteiger partial charge on any atom is -0.466 e. The second-order valence-corrected chi connectivity index (χ2v) is 9.90. The van der Waals surface area contributed by atoms with E-state index >= 15 is 0 Å². The second kappa shape index (κ2) is 12.0. The van der Waals surface area contributed by atoms with Crippen molar-refractivity contribution in [3.8, 4) is 0 Å². The standard InChI is InChI=1S/C28H38N2O4/c1-19(2)24-12-10-20(3)25-16-23(34-27(31)13-11-22-17-30(4)18-29-22)9-7-6-8-21(14-26(24)25)15-28(32)33-5/h6-7,10-11,13,15,17-19,23-26H,8-9,12,14,16H2,1-5H3. The topological polar surface area (TPSA) is 70.4 Å². The Morgan fingerprint density at radius 2 is 2.00 bits per heavy atom. The molecular formula is C28H38N2O4. The van der Waals surface area contributed by atoms with Crippen LogP contribution in [0.5, 0.6) is 0 Å². The van der Waals surface area contributed by atoms with E-state index in [2.05, 4.69) is 44.0 Å². The SMILES string of the molecule is COC(=O)C=C1CC=CCC(OC(=O)C=Cc2cn(C)cn2)CC2C(C)=CCC(C(C)C)C2C1. The fourth-order valence-electron chi connectivity index (χ4n) is 5.27. The molecule has 0 amide bonds. The number of fused-ring (bicyclic) bond motifs is 1. The van der Waals surface area contributed by atoms with Gasteiger partial charge in [-0.15, -0.1) is 0 Å². The third-order valence-corrected chi connectivity index (χ3v) is 7.10. The molecule has 4 unspecified atom stereocenters. The van der Waals surface area contributed by atoms with Crippen molar-refractivity contribution in [2.45, 2.75) is 59.0 Å². The van der Waals surface area contributed by atoms with Crippen LogP contribution in [-0.2, 0) is 26.1 Å². The highest BCUT2D eigenvalue weighted by Gasteiger charge is 2.37. The summed E-state index contributed by atoms with van der Waals surface area (Å²) in [5.74, 6) is 1.08. The summed E-state index contributed by atoms with van der Waals surface area (Å²) in [5.41, 5.74) is 3.18. The van der Waals surface area contributed by atoms with E-state index in [-0.39, 0.29) is 18.0 Å². The summed E-state index contributed by atoms with van der Waals surface area (Å²) in [6, 6.07) is 0. The normalized spacial score (nSPS) is 26.9. The molecule has 0 radical (unpaired) electrons. The van der Waals surface area contributed by atoms with Crippen molar-refractivity contribution in [1.29, 1.82) is 0 Å². The molecule has 0 spiro atoms. The summed E-state index contributed by atoms with van der Waals surface area (Å²) in [7, 11) is 3.31. The number of rotatable bonds is 5. The average molecular weight is 467 g/mol. The van der Waals surface area contributed by atoms with E-state index in [4.69, 9.17) is 9.47 Å². The lowest BCUT2D eigenvalue weighted by Gasteiger charge is -2.42. The smallest absolute Gasteiger partial charge is 0.331 e. The van der Waals surface area contributed by atoms with Crippen LogP contribution in [0.15, 0.2) is 54.1 Å². The number of esters is 2. The van der Waals surface area contributed by atoms with Crippen molar-refractivity contribution in [2.75, 3.05) is 7.11 Å². The molecule has 2 aliphatic rings. The predicted octanol–water partition coefficient (Wildman–Crippen LogP) is 5.43. The third-order valence-electron chi connectivity index (χ3n) is 7.10. The van der Waals surface area contributed by atoms with Crippen LogP contribution in [-0.4, -0.2) is 34.7 Å². The molecule has 2 aliphatic carbocycles. The molecule has 0 saturated carbocycles. The Hall–Kier alpha value is -2.89. The quantitative estimate of drug-likeness (QED) is 0.329.